The fraction of sp³-hybridized carbons (Fsp3) is 0.300. The normalized spacial score (nSPS) is 12.4. The van der Waals surface area contributed by atoms with Gasteiger partial charge in [0.1, 0.15) is 5.82 Å². The topological polar surface area (TPSA) is 66.1 Å². The molecular weight excluding hydrogens is 226 g/mol. The lowest BCUT2D eigenvalue weighted by Gasteiger charge is -2.11. The van der Waals surface area contributed by atoms with Gasteiger partial charge in [-0.15, -0.1) is 0 Å². The number of H-pyrrole nitrogens is 1. The summed E-state index contributed by atoms with van der Waals surface area (Å²) in [4.78, 5) is 7.39. The molecular formula is C10H13N3O2S. The van der Waals surface area contributed by atoms with Gasteiger partial charge >= 0.3 is 0 Å². The first-order valence-corrected chi connectivity index (χ1v) is 6.66. The van der Waals surface area contributed by atoms with Gasteiger partial charge in [0.2, 0.25) is 10.0 Å². The highest BCUT2D eigenvalue weighted by atomic mass is 32.2. The summed E-state index contributed by atoms with van der Waals surface area (Å²) < 4.78 is 23.7. The maximum Gasteiger partial charge on any atom is 0.211 e. The van der Waals surface area contributed by atoms with Crippen molar-refractivity contribution in [1.82, 2.24) is 14.3 Å². The second-order valence-electron chi connectivity index (χ2n) is 3.72. The van der Waals surface area contributed by atoms with E-state index in [-0.39, 0.29) is 6.54 Å². The maximum atomic E-state index is 11.2. The smallest absolute Gasteiger partial charge is 0.211 e. The summed E-state index contributed by atoms with van der Waals surface area (Å²) >= 11 is 0. The van der Waals surface area contributed by atoms with Crippen molar-refractivity contribution in [3.8, 4) is 0 Å². The number of rotatable bonds is 3. The molecule has 5 nitrogen and oxygen atoms in total. The number of para-hydroxylation sites is 2. The van der Waals surface area contributed by atoms with Gasteiger partial charge in [0.15, 0.2) is 0 Å². The van der Waals surface area contributed by atoms with Crippen LogP contribution in [0.2, 0.25) is 0 Å². The van der Waals surface area contributed by atoms with Gasteiger partial charge in [0, 0.05) is 7.05 Å². The van der Waals surface area contributed by atoms with Crippen LogP contribution >= 0.6 is 0 Å². The van der Waals surface area contributed by atoms with Crippen LogP contribution in [0.25, 0.3) is 11.0 Å². The van der Waals surface area contributed by atoms with Crippen molar-refractivity contribution < 1.29 is 8.42 Å². The third-order valence-electron chi connectivity index (χ3n) is 2.38. The number of imidazole rings is 1. The van der Waals surface area contributed by atoms with Crippen molar-refractivity contribution in [3.63, 3.8) is 0 Å². The molecule has 0 unspecified atom stereocenters. The van der Waals surface area contributed by atoms with Crippen molar-refractivity contribution in [1.29, 1.82) is 0 Å². The van der Waals surface area contributed by atoms with Crippen molar-refractivity contribution in [3.05, 3.63) is 30.1 Å². The lowest BCUT2D eigenvalue weighted by Crippen LogP contribution is -2.25. The molecule has 0 fully saturated rings. The predicted molar refractivity (Wildman–Crippen MR) is 62.4 cm³/mol. The standard InChI is InChI=1S/C10H13N3O2S/c1-13(16(2,14)15)7-10-11-8-5-3-4-6-9(8)12-10/h3-6H,7H2,1-2H3,(H,11,12). The van der Waals surface area contributed by atoms with E-state index < -0.39 is 10.0 Å². The van der Waals surface area contributed by atoms with Gasteiger partial charge in [-0.1, -0.05) is 12.1 Å². The van der Waals surface area contributed by atoms with E-state index in [1.807, 2.05) is 24.3 Å². The molecule has 0 saturated carbocycles. The first-order chi connectivity index (χ1) is 7.47. The van der Waals surface area contributed by atoms with Gasteiger partial charge < -0.3 is 4.98 Å². The first kappa shape index (κ1) is 11.1. The molecule has 0 amide bonds. The summed E-state index contributed by atoms with van der Waals surface area (Å²) in [6.07, 6.45) is 1.18. The number of nitrogens with one attached hydrogen (secondary N) is 1. The van der Waals surface area contributed by atoms with Crippen LogP contribution in [0.3, 0.4) is 0 Å². The molecule has 0 aliphatic carbocycles. The molecule has 1 aromatic carbocycles. The highest BCUT2D eigenvalue weighted by molar-refractivity contribution is 7.88. The Morgan fingerprint density at radius 1 is 1.38 bits per heavy atom. The number of aromatic nitrogens is 2. The summed E-state index contributed by atoms with van der Waals surface area (Å²) in [5.41, 5.74) is 1.76. The van der Waals surface area contributed by atoms with E-state index >= 15 is 0 Å². The number of hydrogen-bond donors (Lipinski definition) is 1. The van der Waals surface area contributed by atoms with Crippen LogP contribution in [0, 0.1) is 0 Å². The Morgan fingerprint density at radius 2 is 2.06 bits per heavy atom. The van der Waals surface area contributed by atoms with Crippen LogP contribution in [0.5, 0.6) is 0 Å². The highest BCUT2D eigenvalue weighted by Crippen LogP contribution is 2.11. The van der Waals surface area contributed by atoms with Crippen LogP contribution in [0.4, 0.5) is 0 Å². The van der Waals surface area contributed by atoms with Gasteiger partial charge in [-0.3, -0.25) is 0 Å². The summed E-state index contributed by atoms with van der Waals surface area (Å²) in [6.45, 7) is 0.257. The van der Waals surface area contributed by atoms with Gasteiger partial charge in [0.25, 0.3) is 0 Å². The van der Waals surface area contributed by atoms with Crippen molar-refractivity contribution in [2.75, 3.05) is 13.3 Å². The SMILES string of the molecule is CN(Cc1nc2ccccc2[nH]1)S(C)(=O)=O. The van der Waals surface area contributed by atoms with E-state index in [2.05, 4.69) is 9.97 Å². The van der Waals surface area contributed by atoms with Gasteiger partial charge in [0.05, 0.1) is 23.8 Å². The molecule has 0 bridgehead atoms. The molecule has 2 rings (SSSR count). The second kappa shape index (κ2) is 3.88. The zero-order chi connectivity index (χ0) is 11.8. The maximum absolute atomic E-state index is 11.2. The Kier molecular flexibility index (Phi) is 2.69. The highest BCUT2D eigenvalue weighted by Gasteiger charge is 2.13. The molecule has 0 aliphatic heterocycles. The molecule has 1 heterocycles. The summed E-state index contributed by atoms with van der Waals surface area (Å²) in [7, 11) is -1.63. The molecule has 0 atom stereocenters. The lowest BCUT2D eigenvalue weighted by atomic mass is 10.3. The number of sulfonamides is 1. The summed E-state index contributed by atoms with van der Waals surface area (Å²) in [5.74, 6) is 0.647. The third-order valence-corrected chi connectivity index (χ3v) is 3.64. The van der Waals surface area contributed by atoms with E-state index in [1.54, 1.807) is 0 Å². The number of fused-ring (bicyclic) bond motifs is 1. The zero-order valence-corrected chi connectivity index (χ0v) is 9.95. The second-order valence-corrected chi connectivity index (χ2v) is 5.81. The number of nitrogens with zero attached hydrogens (tertiary/aromatic N) is 2. The quantitative estimate of drug-likeness (QED) is 0.867. The molecule has 6 heteroatoms. The molecule has 0 radical (unpaired) electrons. The molecule has 16 heavy (non-hydrogen) atoms. The van der Waals surface area contributed by atoms with Crippen LogP contribution in [0.1, 0.15) is 5.82 Å². The monoisotopic (exact) mass is 239 g/mol. The largest absolute Gasteiger partial charge is 0.341 e. The molecule has 86 valence electrons. The average molecular weight is 239 g/mol. The van der Waals surface area contributed by atoms with E-state index in [4.69, 9.17) is 0 Å². The minimum Gasteiger partial charge on any atom is -0.341 e. The van der Waals surface area contributed by atoms with Crippen LogP contribution in [-0.2, 0) is 16.6 Å². The molecule has 0 spiro atoms. The van der Waals surface area contributed by atoms with Crippen molar-refractivity contribution in [2.24, 2.45) is 0 Å². The minimum atomic E-state index is -3.17. The van der Waals surface area contributed by atoms with Gasteiger partial charge in [-0.25, -0.2) is 13.4 Å². The third kappa shape index (κ3) is 2.23. The minimum absolute atomic E-state index is 0.257. The number of hydrogen-bond acceptors (Lipinski definition) is 3. The van der Waals surface area contributed by atoms with E-state index in [1.165, 1.54) is 17.6 Å². The van der Waals surface area contributed by atoms with Gasteiger partial charge in [-0.2, -0.15) is 4.31 Å². The number of benzene rings is 1. The Balaban J connectivity index is 2.29. The lowest BCUT2D eigenvalue weighted by molar-refractivity contribution is 0.464. The molecule has 1 N–H and O–H groups in total. The van der Waals surface area contributed by atoms with Crippen molar-refractivity contribution >= 4 is 21.1 Å². The molecule has 0 saturated heterocycles. The zero-order valence-electron chi connectivity index (χ0n) is 9.14. The van der Waals surface area contributed by atoms with Crippen LogP contribution < -0.4 is 0 Å². The van der Waals surface area contributed by atoms with Crippen LogP contribution in [-0.4, -0.2) is 36.0 Å². The number of aromatic amines is 1. The molecule has 2 aromatic rings. The fourth-order valence-corrected chi connectivity index (χ4v) is 1.77. The summed E-state index contributed by atoms with van der Waals surface area (Å²) in [6, 6.07) is 7.60. The van der Waals surface area contributed by atoms with Gasteiger partial charge in [-0.05, 0) is 12.1 Å². The molecule has 1 aromatic heterocycles. The Morgan fingerprint density at radius 3 is 2.69 bits per heavy atom. The van der Waals surface area contributed by atoms with Crippen molar-refractivity contribution in [2.45, 2.75) is 6.54 Å². The molecule has 0 aliphatic rings. The van der Waals surface area contributed by atoms with Crippen LogP contribution in [0.15, 0.2) is 24.3 Å². The first-order valence-electron chi connectivity index (χ1n) is 4.82. The Hall–Kier alpha value is -1.40. The predicted octanol–water partition coefficient (Wildman–Crippen LogP) is 0.954. The summed E-state index contributed by atoms with van der Waals surface area (Å²) in [5, 5.41) is 0. The average Bonchev–Trinajstić information content (AvgIpc) is 2.58. The van der Waals surface area contributed by atoms with E-state index in [9.17, 15) is 8.42 Å². The Bertz CT molecular complexity index is 570. The Labute approximate surface area is 94.2 Å². The fourth-order valence-electron chi connectivity index (χ4n) is 1.41. The van der Waals surface area contributed by atoms with E-state index in [0.717, 1.165) is 11.0 Å². The van der Waals surface area contributed by atoms with E-state index in [0.29, 0.717) is 5.82 Å².